The molecule has 1 N–H and O–H groups in total. The van der Waals surface area contributed by atoms with Crippen LogP contribution in [0.1, 0.15) is 10.4 Å². The van der Waals surface area contributed by atoms with E-state index in [9.17, 15) is 4.79 Å². The predicted octanol–water partition coefficient (Wildman–Crippen LogP) is 3.72. The van der Waals surface area contributed by atoms with Gasteiger partial charge in [0.25, 0.3) is 0 Å². The van der Waals surface area contributed by atoms with Gasteiger partial charge in [-0.1, -0.05) is 12.1 Å². The van der Waals surface area contributed by atoms with Crippen molar-refractivity contribution in [2.24, 2.45) is 0 Å². The summed E-state index contributed by atoms with van der Waals surface area (Å²) in [7, 11) is 1.58. The van der Waals surface area contributed by atoms with E-state index < -0.39 is 0 Å². The molecule has 0 aliphatic rings. The fourth-order valence-electron chi connectivity index (χ4n) is 1.63. The lowest BCUT2D eigenvalue weighted by Gasteiger charge is -2.07. The van der Waals surface area contributed by atoms with Gasteiger partial charge < -0.3 is 10.1 Å². The first-order valence-electron chi connectivity index (χ1n) is 5.87. The maximum atomic E-state index is 11.8. The number of amides is 1. The summed E-state index contributed by atoms with van der Waals surface area (Å²) in [4.78, 5) is 12.9. The molecule has 0 saturated carbocycles. The van der Waals surface area contributed by atoms with Gasteiger partial charge in [0.1, 0.15) is 5.75 Å². The molecule has 0 saturated heterocycles. The van der Waals surface area contributed by atoms with E-state index in [0.717, 1.165) is 4.88 Å². The van der Waals surface area contributed by atoms with Crippen LogP contribution in [0, 0.1) is 6.92 Å². The minimum absolute atomic E-state index is 0.169. The number of ether oxygens (including phenoxy) is 1. The van der Waals surface area contributed by atoms with Crippen molar-refractivity contribution in [2.45, 2.75) is 6.92 Å². The maximum absolute atomic E-state index is 11.8. The number of anilines is 1. The fraction of sp³-hybridized carbons (Fsp3) is 0.133. The molecule has 0 atom stereocenters. The number of hydrogen-bond donors (Lipinski definition) is 1. The summed E-state index contributed by atoms with van der Waals surface area (Å²) in [5.41, 5.74) is 1.84. The van der Waals surface area contributed by atoms with Gasteiger partial charge in [-0.3, -0.25) is 4.79 Å². The summed E-state index contributed by atoms with van der Waals surface area (Å²) >= 11 is 1.61. The van der Waals surface area contributed by atoms with Crippen LogP contribution in [0.5, 0.6) is 5.75 Å². The first-order chi connectivity index (χ1) is 9.20. The summed E-state index contributed by atoms with van der Waals surface area (Å²) in [6.07, 6.45) is 3.36. The van der Waals surface area contributed by atoms with Crippen LogP contribution >= 0.6 is 11.3 Å². The van der Waals surface area contributed by atoms with Crippen molar-refractivity contribution in [3.8, 4) is 5.75 Å². The predicted molar refractivity (Wildman–Crippen MR) is 79.7 cm³/mol. The lowest BCUT2D eigenvalue weighted by atomic mass is 10.2. The Bertz CT molecular complexity index is 602. The number of carbonyl (C=O) groups excluding carboxylic acids is 1. The van der Waals surface area contributed by atoms with Crippen LogP contribution in [0.3, 0.4) is 0 Å². The highest BCUT2D eigenvalue weighted by Crippen LogP contribution is 2.23. The quantitative estimate of drug-likeness (QED) is 0.862. The second kappa shape index (κ2) is 6.20. The normalized spacial score (nSPS) is 10.6. The van der Waals surface area contributed by atoms with E-state index in [1.54, 1.807) is 24.5 Å². The Balaban J connectivity index is 2.06. The van der Waals surface area contributed by atoms with Crippen molar-refractivity contribution in [1.29, 1.82) is 0 Å². The SMILES string of the molecule is COc1ccccc1NC(=O)C=Cc1sccc1C. The zero-order valence-electron chi connectivity index (χ0n) is 10.8. The van der Waals surface area contributed by atoms with E-state index in [2.05, 4.69) is 5.32 Å². The average molecular weight is 273 g/mol. The number of rotatable bonds is 4. The van der Waals surface area contributed by atoms with Gasteiger partial charge >= 0.3 is 0 Å². The summed E-state index contributed by atoms with van der Waals surface area (Å²) in [5, 5.41) is 4.80. The van der Waals surface area contributed by atoms with Crippen LogP contribution in [0.15, 0.2) is 41.8 Å². The largest absolute Gasteiger partial charge is 0.495 e. The number of methoxy groups -OCH3 is 1. The number of nitrogens with one attached hydrogen (secondary N) is 1. The Kier molecular flexibility index (Phi) is 4.36. The van der Waals surface area contributed by atoms with Crippen LogP contribution in [0.4, 0.5) is 5.69 Å². The minimum Gasteiger partial charge on any atom is -0.495 e. The Labute approximate surface area is 116 Å². The van der Waals surface area contributed by atoms with E-state index in [-0.39, 0.29) is 5.91 Å². The third kappa shape index (κ3) is 3.45. The molecule has 1 aromatic heterocycles. The zero-order chi connectivity index (χ0) is 13.7. The van der Waals surface area contributed by atoms with Crippen LogP contribution in [-0.2, 0) is 4.79 Å². The highest BCUT2D eigenvalue weighted by molar-refractivity contribution is 7.11. The monoisotopic (exact) mass is 273 g/mol. The number of para-hydroxylation sites is 2. The van der Waals surface area contributed by atoms with Crippen LogP contribution in [-0.4, -0.2) is 13.0 Å². The first kappa shape index (κ1) is 13.4. The van der Waals surface area contributed by atoms with Gasteiger partial charge in [0.2, 0.25) is 5.91 Å². The lowest BCUT2D eigenvalue weighted by Crippen LogP contribution is -2.08. The van der Waals surface area contributed by atoms with E-state index in [1.807, 2.05) is 42.6 Å². The first-order valence-corrected chi connectivity index (χ1v) is 6.75. The summed E-state index contributed by atoms with van der Waals surface area (Å²) in [5.74, 6) is 0.480. The van der Waals surface area contributed by atoms with Crippen molar-refractivity contribution in [3.05, 3.63) is 52.2 Å². The fourth-order valence-corrected chi connectivity index (χ4v) is 2.45. The highest BCUT2D eigenvalue weighted by Gasteiger charge is 2.04. The molecule has 19 heavy (non-hydrogen) atoms. The molecule has 1 aromatic carbocycles. The molecule has 0 spiro atoms. The van der Waals surface area contributed by atoms with Crippen molar-refractivity contribution in [1.82, 2.24) is 0 Å². The number of thiophene rings is 1. The number of aryl methyl sites for hydroxylation is 1. The smallest absolute Gasteiger partial charge is 0.248 e. The van der Waals surface area contributed by atoms with Crippen LogP contribution in [0.25, 0.3) is 6.08 Å². The molecule has 2 rings (SSSR count). The molecule has 0 aliphatic carbocycles. The summed E-state index contributed by atoms with van der Waals surface area (Å²) in [6, 6.07) is 9.36. The van der Waals surface area contributed by atoms with Gasteiger partial charge in [-0.15, -0.1) is 11.3 Å². The number of benzene rings is 1. The standard InChI is InChI=1S/C15H15NO2S/c1-11-9-10-19-14(11)7-8-15(17)16-12-5-3-4-6-13(12)18-2/h3-10H,1-2H3,(H,16,17). The molecule has 0 bridgehead atoms. The topological polar surface area (TPSA) is 38.3 Å². The van der Waals surface area contributed by atoms with Gasteiger partial charge in [0.15, 0.2) is 0 Å². The lowest BCUT2D eigenvalue weighted by molar-refractivity contribution is -0.111. The molecule has 3 nitrogen and oxygen atoms in total. The molecular weight excluding hydrogens is 258 g/mol. The molecule has 98 valence electrons. The Hall–Kier alpha value is -2.07. The van der Waals surface area contributed by atoms with Crippen molar-refractivity contribution < 1.29 is 9.53 Å². The minimum atomic E-state index is -0.169. The molecule has 1 amide bonds. The third-order valence-electron chi connectivity index (χ3n) is 2.65. The van der Waals surface area contributed by atoms with E-state index >= 15 is 0 Å². The van der Waals surface area contributed by atoms with E-state index in [4.69, 9.17) is 4.74 Å². The van der Waals surface area contributed by atoms with E-state index in [1.165, 1.54) is 11.6 Å². The molecule has 2 aromatic rings. The third-order valence-corrected chi connectivity index (χ3v) is 3.64. The van der Waals surface area contributed by atoms with E-state index in [0.29, 0.717) is 11.4 Å². The Morgan fingerprint density at radius 3 is 2.79 bits per heavy atom. The Morgan fingerprint density at radius 2 is 2.11 bits per heavy atom. The van der Waals surface area contributed by atoms with Gasteiger partial charge in [0.05, 0.1) is 12.8 Å². The molecular formula is C15H15NO2S. The molecule has 1 heterocycles. The van der Waals surface area contributed by atoms with Gasteiger partial charge in [-0.2, -0.15) is 0 Å². The summed E-state index contributed by atoms with van der Waals surface area (Å²) in [6.45, 7) is 2.02. The van der Waals surface area contributed by atoms with Crippen LogP contribution < -0.4 is 10.1 Å². The molecule has 0 radical (unpaired) electrons. The summed E-state index contributed by atoms with van der Waals surface area (Å²) < 4.78 is 5.18. The van der Waals surface area contributed by atoms with Crippen molar-refractivity contribution in [3.63, 3.8) is 0 Å². The highest BCUT2D eigenvalue weighted by atomic mass is 32.1. The molecule has 4 heteroatoms. The van der Waals surface area contributed by atoms with Gasteiger partial charge in [0, 0.05) is 11.0 Å². The molecule has 0 aliphatic heterocycles. The molecule has 0 fully saturated rings. The van der Waals surface area contributed by atoms with Gasteiger partial charge in [-0.05, 0) is 42.1 Å². The second-order valence-corrected chi connectivity index (χ2v) is 4.94. The van der Waals surface area contributed by atoms with Crippen molar-refractivity contribution in [2.75, 3.05) is 12.4 Å². The Morgan fingerprint density at radius 1 is 1.32 bits per heavy atom. The molecule has 0 unspecified atom stereocenters. The zero-order valence-corrected chi connectivity index (χ0v) is 11.7. The second-order valence-electron chi connectivity index (χ2n) is 3.99. The maximum Gasteiger partial charge on any atom is 0.248 e. The van der Waals surface area contributed by atoms with Crippen LogP contribution in [0.2, 0.25) is 0 Å². The van der Waals surface area contributed by atoms with Crippen molar-refractivity contribution >= 4 is 29.0 Å². The number of carbonyl (C=O) groups is 1. The van der Waals surface area contributed by atoms with Gasteiger partial charge in [-0.25, -0.2) is 0 Å². The number of hydrogen-bond acceptors (Lipinski definition) is 3. The average Bonchev–Trinajstić information content (AvgIpc) is 2.82.